The number of methoxy groups -OCH3 is 1. The Morgan fingerprint density at radius 2 is 2.08 bits per heavy atom. The molecule has 3 aromatic heterocycles. The van der Waals surface area contributed by atoms with Crippen molar-refractivity contribution in [3.63, 3.8) is 0 Å². The first kappa shape index (κ1) is 17.1. The van der Waals surface area contributed by atoms with E-state index < -0.39 is 0 Å². The third-order valence-corrected chi connectivity index (χ3v) is 4.76. The van der Waals surface area contributed by atoms with Crippen LogP contribution in [0, 0.1) is 0 Å². The van der Waals surface area contributed by atoms with Gasteiger partial charge in [-0.15, -0.1) is 22.7 Å². The van der Waals surface area contributed by atoms with Crippen LogP contribution in [0.2, 0.25) is 0 Å². The van der Waals surface area contributed by atoms with Gasteiger partial charge in [-0.05, 0) is 17.5 Å². The summed E-state index contributed by atoms with van der Waals surface area (Å²) in [6.45, 7) is 0. The molecule has 2 amide bonds. The Hall–Kier alpha value is -2.78. The fourth-order valence-corrected chi connectivity index (χ4v) is 3.28. The molecule has 0 aliphatic rings. The van der Waals surface area contributed by atoms with Crippen molar-refractivity contribution in [2.75, 3.05) is 17.7 Å². The smallest absolute Gasteiger partial charge is 0.267 e. The van der Waals surface area contributed by atoms with Crippen LogP contribution in [0.4, 0.5) is 10.8 Å². The molecule has 0 atom stereocenters. The molecule has 9 heteroatoms. The van der Waals surface area contributed by atoms with Crippen molar-refractivity contribution < 1.29 is 14.3 Å². The number of thiophene rings is 1. The van der Waals surface area contributed by atoms with E-state index in [0.29, 0.717) is 27.3 Å². The summed E-state index contributed by atoms with van der Waals surface area (Å²) in [6, 6.07) is 6.92. The number of anilines is 2. The summed E-state index contributed by atoms with van der Waals surface area (Å²) in [4.78, 5) is 32.9. The van der Waals surface area contributed by atoms with Crippen molar-refractivity contribution in [2.24, 2.45) is 0 Å². The highest BCUT2D eigenvalue weighted by molar-refractivity contribution is 7.14. The standard InChI is InChI=1S/C16H14N4O3S2/c1-23-14-5-4-10(8-17-14)18-13(21)7-11-9-25-16(19-11)20-15(22)12-3-2-6-24-12/h2-6,8-9H,7H2,1H3,(H,18,21)(H,19,20,22). The fraction of sp³-hybridized carbons (Fsp3) is 0.125. The largest absolute Gasteiger partial charge is 0.481 e. The summed E-state index contributed by atoms with van der Waals surface area (Å²) in [5.41, 5.74) is 1.16. The van der Waals surface area contributed by atoms with Crippen molar-refractivity contribution in [1.29, 1.82) is 0 Å². The number of nitrogens with zero attached hydrogens (tertiary/aromatic N) is 2. The molecule has 0 spiro atoms. The van der Waals surface area contributed by atoms with E-state index >= 15 is 0 Å². The summed E-state index contributed by atoms with van der Waals surface area (Å²) in [5.74, 6) is 0.0571. The summed E-state index contributed by atoms with van der Waals surface area (Å²) < 4.78 is 4.96. The normalized spacial score (nSPS) is 10.3. The molecule has 0 radical (unpaired) electrons. The van der Waals surface area contributed by atoms with Crippen LogP contribution in [0.25, 0.3) is 0 Å². The predicted octanol–water partition coefficient (Wildman–Crippen LogP) is 3.04. The molecule has 0 aliphatic heterocycles. The lowest BCUT2D eigenvalue weighted by molar-refractivity contribution is -0.115. The van der Waals surface area contributed by atoms with Crippen LogP contribution in [0.5, 0.6) is 5.88 Å². The van der Waals surface area contributed by atoms with Crippen LogP contribution in [-0.2, 0) is 11.2 Å². The third-order valence-electron chi connectivity index (χ3n) is 3.09. The number of carbonyl (C=O) groups excluding carboxylic acids is 2. The van der Waals surface area contributed by atoms with Crippen LogP contribution in [0.1, 0.15) is 15.4 Å². The van der Waals surface area contributed by atoms with Gasteiger partial charge in [0.25, 0.3) is 5.91 Å². The summed E-state index contributed by atoms with van der Waals surface area (Å²) in [5, 5.41) is 9.50. The first-order valence-corrected chi connectivity index (χ1v) is 8.99. The van der Waals surface area contributed by atoms with E-state index in [9.17, 15) is 9.59 Å². The maximum absolute atomic E-state index is 12.1. The van der Waals surface area contributed by atoms with Crippen LogP contribution in [0.3, 0.4) is 0 Å². The van der Waals surface area contributed by atoms with E-state index in [4.69, 9.17) is 4.74 Å². The Bertz CT molecular complexity index is 860. The minimum Gasteiger partial charge on any atom is -0.481 e. The zero-order chi connectivity index (χ0) is 17.6. The fourth-order valence-electron chi connectivity index (χ4n) is 1.96. The number of carbonyl (C=O) groups is 2. The third kappa shape index (κ3) is 4.61. The van der Waals surface area contributed by atoms with Crippen molar-refractivity contribution in [3.05, 3.63) is 51.8 Å². The molecular formula is C16H14N4O3S2. The van der Waals surface area contributed by atoms with Gasteiger partial charge in [-0.3, -0.25) is 14.9 Å². The van der Waals surface area contributed by atoms with Gasteiger partial charge < -0.3 is 10.1 Å². The number of aromatic nitrogens is 2. The van der Waals surface area contributed by atoms with E-state index in [1.54, 1.807) is 23.6 Å². The number of pyridine rings is 1. The maximum atomic E-state index is 12.1. The van der Waals surface area contributed by atoms with Crippen molar-refractivity contribution >= 4 is 45.3 Å². The number of hydrogen-bond acceptors (Lipinski definition) is 7. The van der Waals surface area contributed by atoms with Gasteiger partial charge in [0.05, 0.1) is 36.0 Å². The van der Waals surface area contributed by atoms with E-state index in [1.807, 2.05) is 11.4 Å². The summed E-state index contributed by atoms with van der Waals surface area (Å²) in [7, 11) is 1.53. The lowest BCUT2D eigenvalue weighted by Crippen LogP contribution is -2.15. The lowest BCUT2D eigenvalue weighted by atomic mass is 10.3. The van der Waals surface area contributed by atoms with Crippen LogP contribution in [0.15, 0.2) is 41.2 Å². The zero-order valence-electron chi connectivity index (χ0n) is 13.2. The van der Waals surface area contributed by atoms with Crippen LogP contribution >= 0.6 is 22.7 Å². The minimum absolute atomic E-state index is 0.109. The van der Waals surface area contributed by atoms with E-state index in [2.05, 4.69) is 20.6 Å². The highest BCUT2D eigenvalue weighted by Crippen LogP contribution is 2.19. The molecule has 0 aromatic carbocycles. The number of ether oxygens (including phenoxy) is 1. The van der Waals surface area contributed by atoms with Gasteiger partial charge in [-0.25, -0.2) is 9.97 Å². The number of thiazole rings is 1. The molecule has 0 unspecified atom stereocenters. The van der Waals surface area contributed by atoms with Gasteiger partial charge in [0, 0.05) is 11.4 Å². The monoisotopic (exact) mass is 374 g/mol. The Morgan fingerprint density at radius 3 is 2.76 bits per heavy atom. The Kier molecular flexibility index (Phi) is 5.36. The molecule has 3 aromatic rings. The van der Waals surface area contributed by atoms with E-state index in [0.717, 1.165) is 0 Å². The highest BCUT2D eigenvalue weighted by atomic mass is 32.1. The molecule has 25 heavy (non-hydrogen) atoms. The van der Waals surface area contributed by atoms with Crippen molar-refractivity contribution in [1.82, 2.24) is 9.97 Å². The van der Waals surface area contributed by atoms with E-state index in [-0.39, 0.29) is 18.2 Å². The number of rotatable bonds is 6. The molecule has 0 bridgehead atoms. The number of hydrogen-bond donors (Lipinski definition) is 2. The summed E-state index contributed by atoms with van der Waals surface area (Å²) >= 11 is 2.64. The Balaban J connectivity index is 1.55. The predicted molar refractivity (Wildman–Crippen MR) is 97.5 cm³/mol. The second-order valence-corrected chi connectivity index (χ2v) is 6.70. The molecule has 0 fully saturated rings. The maximum Gasteiger partial charge on any atom is 0.267 e. The number of nitrogens with one attached hydrogen (secondary N) is 2. The number of amides is 2. The molecule has 7 nitrogen and oxygen atoms in total. The SMILES string of the molecule is COc1ccc(NC(=O)Cc2csc(NC(=O)c3cccs3)n2)cn1. The van der Waals surface area contributed by atoms with Gasteiger partial charge in [0.1, 0.15) is 0 Å². The van der Waals surface area contributed by atoms with Gasteiger partial charge >= 0.3 is 0 Å². The Morgan fingerprint density at radius 1 is 1.20 bits per heavy atom. The highest BCUT2D eigenvalue weighted by Gasteiger charge is 2.12. The van der Waals surface area contributed by atoms with E-state index in [1.165, 1.54) is 36.0 Å². The minimum atomic E-state index is -0.214. The van der Waals surface area contributed by atoms with Gasteiger partial charge in [0.2, 0.25) is 11.8 Å². The molecule has 3 heterocycles. The molecule has 3 rings (SSSR count). The molecular weight excluding hydrogens is 360 g/mol. The van der Waals surface area contributed by atoms with Crippen LogP contribution in [-0.4, -0.2) is 28.9 Å². The van der Waals surface area contributed by atoms with Crippen molar-refractivity contribution in [2.45, 2.75) is 6.42 Å². The second kappa shape index (κ2) is 7.86. The average Bonchev–Trinajstić information content (AvgIpc) is 3.27. The first-order valence-electron chi connectivity index (χ1n) is 7.23. The zero-order valence-corrected chi connectivity index (χ0v) is 14.8. The van der Waals surface area contributed by atoms with Gasteiger partial charge in [-0.2, -0.15) is 0 Å². The molecule has 0 saturated heterocycles. The second-order valence-electron chi connectivity index (χ2n) is 4.89. The Labute approximate surface area is 151 Å². The van der Waals surface area contributed by atoms with Crippen LogP contribution < -0.4 is 15.4 Å². The molecule has 0 saturated carbocycles. The summed E-state index contributed by atoms with van der Waals surface area (Å²) in [6.07, 6.45) is 1.63. The average molecular weight is 374 g/mol. The topological polar surface area (TPSA) is 93.2 Å². The van der Waals surface area contributed by atoms with Crippen molar-refractivity contribution in [3.8, 4) is 5.88 Å². The van der Waals surface area contributed by atoms with Gasteiger partial charge in [-0.1, -0.05) is 6.07 Å². The molecule has 0 aliphatic carbocycles. The quantitative estimate of drug-likeness (QED) is 0.692. The molecule has 128 valence electrons. The molecule has 2 N–H and O–H groups in total. The van der Waals surface area contributed by atoms with Gasteiger partial charge in [0.15, 0.2) is 5.13 Å². The first-order chi connectivity index (χ1) is 12.1. The lowest BCUT2D eigenvalue weighted by Gasteiger charge is -2.04.